The Labute approximate surface area is 76.5 Å². The number of allylic oxidation sites excluding steroid dienone is 1. The van der Waals surface area contributed by atoms with Gasteiger partial charge in [-0.25, -0.2) is 0 Å². The maximum Gasteiger partial charge on any atom is 0.0281 e. The van der Waals surface area contributed by atoms with Crippen LogP contribution in [0.1, 0.15) is 46.0 Å². The average Bonchev–Trinajstić information content (AvgIpc) is 2.05. The molecule has 1 nitrogen and oxygen atoms in total. The maximum absolute atomic E-state index is 2.40. The van der Waals surface area contributed by atoms with E-state index in [4.69, 9.17) is 0 Å². The third kappa shape index (κ3) is 2.88. The molecule has 0 aromatic heterocycles. The molecule has 0 atom stereocenters. The fraction of sp³-hybridized carbons (Fsp3) is 0.818. The van der Waals surface area contributed by atoms with Gasteiger partial charge in [-0.2, -0.15) is 0 Å². The van der Waals surface area contributed by atoms with Gasteiger partial charge in [-0.15, -0.1) is 0 Å². The first kappa shape index (κ1) is 9.63. The zero-order valence-electron chi connectivity index (χ0n) is 8.64. The molecule has 0 heterocycles. The van der Waals surface area contributed by atoms with Crippen molar-refractivity contribution in [2.75, 3.05) is 7.05 Å². The van der Waals surface area contributed by atoms with E-state index < -0.39 is 0 Å². The van der Waals surface area contributed by atoms with Crippen molar-refractivity contribution in [3.63, 3.8) is 0 Å². The first-order valence-electron chi connectivity index (χ1n) is 5.07. The summed E-state index contributed by atoms with van der Waals surface area (Å²) in [5.74, 6) is 0. The van der Waals surface area contributed by atoms with E-state index in [1.165, 1.54) is 37.7 Å². The molecule has 0 aliphatic heterocycles. The summed E-state index contributed by atoms with van der Waals surface area (Å²) in [6, 6.07) is 0.814. The van der Waals surface area contributed by atoms with Gasteiger partial charge in [0.25, 0.3) is 0 Å². The number of hydrogen-bond donors (Lipinski definition) is 0. The standard InChI is InChI=1S/C11H21N/c1-10(2)9-12(3)11-7-5-4-6-8-11/h9,11H,4-8H2,1-3H3. The van der Waals surface area contributed by atoms with Crippen molar-refractivity contribution in [3.05, 3.63) is 11.8 Å². The van der Waals surface area contributed by atoms with Crippen LogP contribution in [0.25, 0.3) is 0 Å². The van der Waals surface area contributed by atoms with Crippen molar-refractivity contribution < 1.29 is 0 Å². The SMILES string of the molecule is CC(C)=CN(C)C1CCCCC1. The summed E-state index contributed by atoms with van der Waals surface area (Å²) < 4.78 is 0. The van der Waals surface area contributed by atoms with E-state index in [1.54, 1.807) is 0 Å². The Hall–Kier alpha value is -0.460. The summed E-state index contributed by atoms with van der Waals surface area (Å²) in [5.41, 5.74) is 1.41. The van der Waals surface area contributed by atoms with Gasteiger partial charge in [0.05, 0.1) is 0 Å². The van der Waals surface area contributed by atoms with Crippen LogP contribution in [0.4, 0.5) is 0 Å². The molecule has 0 amide bonds. The summed E-state index contributed by atoms with van der Waals surface area (Å²) in [7, 11) is 2.21. The zero-order valence-corrected chi connectivity index (χ0v) is 8.64. The first-order valence-corrected chi connectivity index (χ1v) is 5.07. The Balaban J connectivity index is 2.39. The summed E-state index contributed by atoms with van der Waals surface area (Å²) in [5, 5.41) is 0. The van der Waals surface area contributed by atoms with Crippen molar-refractivity contribution in [2.24, 2.45) is 0 Å². The van der Waals surface area contributed by atoms with Crippen molar-refractivity contribution in [1.29, 1.82) is 0 Å². The third-order valence-corrected chi connectivity index (χ3v) is 2.61. The van der Waals surface area contributed by atoms with Crippen LogP contribution in [0.3, 0.4) is 0 Å². The van der Waals surface area contributed by atoms with Gasteiger partial charge in [0, 0.05) is 13.1 Å². The van der Waals surface area contributed by atoms with Gasteiger partial charge in [-0.3, -0.25) is 0 Å². The first-order chi connectivity index (χ1) is 5.70. The lowest BCUT2D eigenvalue weighted by Crippen LogP contribution is -2.29. The molecule has 0 radical (unpaired) electrons. The summed E-state index contributed by atoms with van der Waals surface area (Å²) >= 11 is 0. The largest absolute Gasteiger partial charge is 0.377 e. The molecule has 0 unspecified atom stereocenters. The minimum atomic E-state index is 0.814. The maximum atomic E-state index is 2.40. The van der Waals surface area contributed by atoms with E-state index in [-0.39, 0.29) is 0 Å². The Kier molecular flexibility index (Phi) is 3.64. The highest BCUT2D eigenvalue weighted by atomic mass is 15.1. The van der Waals surface area contributed by atoms with Crippen LogP contribution in [0.15, 0.2) is 11.8 Å². The highest BCUT2D eigenvalue weighted by molar-refractivity contribution is 4.94. The van der Waals surface area contributed by atoms with Gasteiger partial charge >= 0.3 is 0 Å². The molecule has 0 spiro atoms. The summed E-state index contributed by atoms with van der Waals surface area (Å²) in [6.45, 7) is 4.33. The summed E-state index contributed by atoms with van der Waals surface area (Å²) in [6.07, 6.45) is 9.34. The third-order valence-electron chi connectivity index (χ3n) is 2.61. The normalized spacial score (nSPS) is 18.9. The highest BCUT2D eigenvalue weighted by Gasteiger charge is 2.15. The second kappa shape index (κ2) is 4.54. The molecule has 1 heteroatoms. The highest BCUT2D eigenvalue weighted by Crippen LogP contribution is 2.21. The molecular weight excluding hydrogens is 146 g/mol. The molecule has 1 fully saturated rings. The fourth-order valence-electron chi connectivity index (χ4n) is 2.00. The second-order valence-corrected chi connectivity index (χ2v) is 4.16. The van der Waals surface area contributed by atoms with E-state index >= 15 is 0 Å². The lowest BCUT2D eigenvalue weighted by molar-refractivity contribution is 0.252. The van der Waals surface area contributed by atoms with Crippen LogP contribution in [0.5, 0.6) is 0 Å². The monoisotopic (exact) mass is 167 g/mol. The minimum absolute atomic E-state index is 0.814. The molecule has 1 rings (SSSR count). The molecule has 0 aromatic rings. The lowest BCUT2D eigenvalue weighted by atomic mass is 9.95. The van der Waals surface area contributed by atoms with Crippen LogP contribution in [0, 0.1) is 0 Å². The van der Waals surface area contributed by atoms with Gasteiger partial charge in [0.1, 0.15) is 0 Å². The van der Waals surface area contributed by atoms with Crippen LogP contribution in [0.2, 0.25) is 0 Å². The van der Waals surface area contributed by atoms with Crippen LogP contribution < -0.4 is 0 Å². The van der Waals surface area contributed by atoms with E-state index in [0.29, 0.717) is 0 Å². The van der Waals surface area contributed by atoms with Crippen molar-refractivity contribution >= 4 is 0 Å². The predicted octanol–water partition coefficient (Wildman–Crippen LogP) is 3.17. The predicted molar refractivity (Wildman–Crippen MR) is 54.1 cm³/mol. The van der Waals surface area contributed by atoms with E-state index in [0.717, 1.165) is 6.04 Å². The van der Waals surface area contributed by atoms with E-state index in [9.17, 15) is 0 Å². The number of hydrogen-bond acceptors (Lipinski definition) is 1. The molecule has 0 bridgehead atoms. The Morgan fingerprint density at radius 1 is 1.17 bits per heavy atom. The molecule has 0 N–H and O–H groups in total. The molecule has 1 aliphatic rings. The quantitative estimate of drug-likeness (QED) is 0.610. The number of nitrogens with zero attached hydrogens (tertiary/aromatic N) is 1. The molecule has 1 saturated carbocycles. The van der Waals surface area contributed by atoms with Crippen LogP contribution in [-0.2, 0) is 0 Å². The molecular formula is C11H21N. The lowest BCUT2D eigenvalue weighted by Gasteiger charge is -2.30. The smallest absolute Gasteiger partial charge is 0.0281 e. The van der Waals surface area contributed by atoms with Crippen LogP contribution >= 0.6 is 0 Å². The average molecular weight is 167 g/mol. The molecule has 70 valence electrons. The van der Waals surface area contributed by atoms with Crippen molar-refractivity contribution in [3.8, 4) is 0 Å². The van der Waals surface area contributed by atoms with Gasteiger partial charge in [0.2, 0.25) is 0 Å². The molecule has 0 saturated heterocycles. The Bertz CT molecular complexity index is 150. The minimum Gasteiger partial charge on any atom is -0.377 e. The van der Waals surface area contributed by atoms with E-state index in [2.05, 4.69) is 32.0 Å². The Morgan fingerprint density at radius 3 is 2.25 bits per heavy atom. The molecule has 0 aromatic carbocycles. The van der Waals surface area contributed by atoms with Crippen molar-refractivity contribution in [2.45, 2.75) is 52.0 Å². The van der Waals surface area contributed by atoms with Crippen molar-refractivity contribution in [1.82, 2.24) is 4.90 Å². The molecule has 12 heavy (non-hydrogen) atoms. The Morgan fingerprint density at radius 2 is 1.75 bits per heavy atom. The zero-order chi connectivity index (χ0) is 8.97. The van der Waals surface area contributed by atoms with Gasteiger partial charge in [0.15, 0.2) is 0 Å². The second-order valence-electron chi connectivity index (χ2n) is 4.16. The van der Waals surface area contributed by atoms with Gasteiger partial charge in [-0.05, 0) is 32.9 Å². The number of rotatable bonds is 2. The topological polar surface area (TPSA) is 3.24 Å². The van der Waals surface area contributed by atoms with Crippen LogP contribution in [-0.4, -0.2) is 18.0 Å². The van der Waals surface area contributed by atoms with E-state index in [1.807, 2.05) is 0 Å². The van der Waals surface area contributed by atoms with Gasteiger partial charge < -0.3 is 4.90 Å². The summed E-state index contributed by atoms with van der Waals surface area (Å²) in [4.78, 5) is 2.40. The molecule has 1 aliphatic carbocycles. The fourth-order valence-corrected chi connectivity index (χ4v) is 2.00. The van der Waals surface area contributed by atoms with Gasteiger partial charge in [-0.1, -0.05) is 24.8 Å².